The smallest absolute Gasteiger partial charge is 0.311 e. The van der Waals surface area contributed by atoms with Crippen molar-refractivity contribution < 1.29 is 14.7 Å². The summed E-state index contributed by atoms with van der Waals surface area (Å²) in [5.41, 5.74) is 0.558. The number of hydrogen-bond donors (Lipinski definition) is 2. The van der Waals surface area contributed by atoms with Crippen LogP contribution in [0.5, 0.6) is 0 Å². The third-order valence-electron chi connectivity index (χ3n) is 3.88. The molecule has 0 aromatic carbocycles. The zero-order valence-electron chi connectivity index (χ0n) is 11.3. The number of aliphatic carboxylic acids is 1. The number of aromatic nitrogens is 2. The Morgan fingerprint density at radius 2 is 2.21 bits per heavy atom. The molecule has 0 saturated heterocycles. The van der Waals surface area contributed by atoms with Crippen LogP contribution in [0.1, 0.15) is 42.4 Å². The molecule has 0 aliphatic heterocycles. The number of carbonyl (C=O) groups excluding carboxylic acids is 1. The summed E-state index contributed by atoms with van der Waals surface area (Å²) in [7, 11) is 1.71. The summed E-state index contributed by atoms with van der Waals surface area (Å²) in [4.78, 5) is 23.2. The Morgan fingerprint density at radius 1 is 1.53 bits per heavy atom. The van der Waals surface area contributed by atoms with Crippen LogP contribution in [0.4, 0.5) is 0 Å². The molecule has 0 bridgehead atoms. The Bertz CT molecular complexity index is 503. The molecule has 104 valence electrons. The molecule has 1 fully saturated rings. The molecular formula is C13H19N3O3. The molecule has 1 heterocycles. The fourth-order valence-corrected chi connectivity index (χ4v) is 2.32. The van der Waals surface area contributed by atoms with Gasteiger partial charge < -0.3 is 10.4 Å². The molecule has 1 amide bonds. The van der Waals surface area contributed by atoms with E-state index in [1.807, 2.05) is 6.92 Å². The highest BCUT2D eigenvalue weighted by Crippen LogP contribution is 2.40. The number of nitrogens with zero attached hydrogens (tertiary/aromatic N) is 2. The van der Waals surface area contributed by atoms with E-state index < -0.39 is 11.4 Å². The van der Waals surface area contributed by atoms with E-state index in [9.17, 15) is 14.7 Å². The maximum atomic E-state index is 12.0. The summed E-state index contributed by atoms with van der Waals surface area (Å²) in [6, 6.07) is 1.74. The minimum absolute atomic E-state index is 0.188. The van der Waals surface area contributed by atoms with Crippen molar-refractivity contribution in [2.45, 2.75) is 32.6 Å². The molecule has 1 saturated carbocycles. The lowest BCUT2D eigenvalue weighted by atomic mass is 9.69. The first-order valence-corrected chi connectivity index (χ1v) is 6.53. The molecule has 2 rings (SSSR count). The van der Waals surface area contributed by atoms with E-state index in [2.05, 4.69) is 10.4 Å². The SMILES string of the molecule is CCc1cc(C(=O)NCC2(C(=O)O)CCC2)n(C)n1. The molecule has 1 aromatic rings. The summed E-state index contributed by atoms with van der Waals surface area (Å²) in [5, 5.41) is 16.1. The van der Waals surface area contributed by atoms with Gasteiger partial charge >= 0.3 is 5.97 Å². The van der Waals surface area contributed by atoms with Crippen LogP contribution in [0.15, 0.2) is 6.07 Å². The van der Waals surface area contributed by atoms with Gasteiger partial charge in [-0.3, -0.25) is 14.3 Å². The van der Waals surface area contributed by atoms with Gasteiger partial charge in [0, 0.05) is 13.6 Å². The van der Waals surface area contributed by atoms with E-state index >= 15 is 0 Å². The van der Waals surface area contributed by atoms with Crippen LogP contribution < -0.4 is 5.32 Å². The lowest BCUT2D eigenvalue weighted by Gasteiger charge is -2.37. The first-order valence-electron chi connectivity index (χ1n) is 6.53. The molecular weight excluding hydrogens is 246 g/mol. The third kappa shape index (κ3) is 2.47. The van der Waals surface area contributed by atoms with Gasteiger partial charge in [0.1, 0.15) is 5.69 Å². The quantitative estimate of drug-likeness (QED) is 0.830. The predicted octanol–water partition coefficient (Wildman–Crippen LogP) is 0.967. The monoisotopic (exact) mass is 265 g/mol. The van der Waals surface area contributed by atoms with Crippen molar-refractivity contribution in [3.05, 3.63) is 17.5 Å². The van der Waals surface area contributed by atoms with Gasteiger partial charge in [0.15, 0.2) is 0 Å². The minimum atomic E-state index is -0.821. The molecule has 1 aliphatic carbocycles. The van der Waals surface area contributed by atoms with E-state index in [1.54, 1.807) is 13.1 Å². The van der Waals surface area contributed by atoms with Crippen molar-refractivity contribution in [2.24, 2.45) is 12.5 Å². The summed E-state index contributed by atoms with van der Waals surface area (Å²) >= 11 is 0. The summed E-state index contributed by atoms with van der Waals surface area (Å²) < 4.78 is 1.53. The Morgan fingerprint density at radius 3 is 2.63 bits per heavy atom. The fraction of sp³-hybridized carbons (Fsp3) is 0.615. The number of rotatable bonds is 5. The summed E-state index contributed by atoms with van der Waals surface area (Å²) in [6.45, 7) is 2.16. The standard InChI is InChI=1S/C13H19N3O3/c1-3-9-7-10(16(2)15-9)11(17)14-8-13(12(18)19)5-4-6-13/h7H,3-6,8H2,1-2H3,(H,14,17)(H,18,19). The predicted molar refractivity (Wildman–Crippen MR) is 68.8 cm³/mol. The van der Waals surface area contributed by atoms with Gasteiger partial charge in [0.05, 0.1) is 11.1 Å². The van der Waals surface area contributed by atoms with Gasteiger partial charge in [-0.1, -0.05) is 13.3 Å². The first kappa shape index (κ1) is 13.6. The van der Waals surface area contributed by atoms with Crippen LogP contribution in [0.25, 0.3) is 0 Å². The third-order valence-corrected chi connectivity index (χ3v) is 3.88. The molecule has 0 unspecified atom stereocenters. The highest BCUT2D eigenvalue weighted by Gasteiger charge is 2.44. The highest BCUT2D eigenvalue weighted by atomic mass is 16.4. The van der Waals surface area contributed by atoms with Crippen molar-refractivity contribution >= 4 is 11.9 Å². The number of carbonyl (C=O) groups is 2. The number of aryl methyl sites for hydroxylation is 2. The molecule has 19 heavy (non-hydrogen) atoms. The topological polar surface area (TPSA) is 84.2 Å². The number of nitrogens with one attached hydrogen (secondary N) is 1. The average Bonchev–Trinajstić information content (AvgIpc) is 2.68. The molecule has 0 radical (unpaired) electrons. The zero-order chi connectivity index (χ0) is 14.0. The number of hydrogen-bond acceptors (Lipinski definition) is 3. The molecule has 1 aromatic heterocycles. The number of carboxylic acids is 1. The fourth-order valence-electron chi connectivity index (χ4n) is 2.32. The van der Waals surface area contributed by atoms with Gasteiger partial charge in [0.2, 0.25) is 0 Å². The van der Waals surface area contributed by atoms with Gasteiger partial charge in [0.25, 0.3) is 5.91 Å². The van der Waals surface area contributed by atoms with E-state index in [-0.39, 0.29) is 12.5 Å². The molecule has 2 N–H and O–H groups in total. The van der Waals surface area contributed by atoms with Gasteiger partial charge in [-0.25, -0.2) is 0 Å². The second kappa shape index (κ2) is 5.03. The molecule has 0 atom stereocenters. The zero-order valence-corrected chi connectivity index (χ0v) is 11.3. The molecule has 6 heteroatoms. The number of amides is 1. The molecule has 1 aliphatic rings. The lowest BCUT2D eigenvalue weighted by Crippen LogP contribution is -2.47. The van der Waals surface area contributed by atoms with Gasteiger partial charge in [-0.05, 0) is 25.3 Å². The van der Waals surface area contributed by atoms with Crippen molar-refractivity contribution in [2.75, 3.05) is 6.54 Å². The number of carboxylic acid groups (broad SMARTS) is 1. The van der Waals surface area contributed by atoms with E-state index in [4.69, 9.17) is 0 Å². The normalized spacial score (nSPS) is 16.7. The van der Waals surface area contributed by atoms with E-state index in [0.29, 0.717) is 18.5 Å². The van der Waals surface area contributed by atoms with E-state index in [0.717, 1.165) is 18.5 Å². The minimum Gasteiger partial charge on any atom is -0.481 e. The Labute approximate surface area is 111 Å². The average molecular weight is 265 g/mol. The Hall–Kier alpha value is -1.85. The summed E-state index contributed by atoms with van der Waals surface area (Å²) in [6.07, 6.45) is 2.94. The molecule has 0 spiro atoms. The molecule has 6 nitrogen and oxygen atoms in total. The van der Waals surface area contributed by atoms with Crippen LogP contribution in [0, 0.1) is 5.41 Å². The van der Waals surface area contributed by atoms with Crippen LogP contribution in [0.2, 0.25) is 0 Å². The summed E-state index contributed by atoms with van der Waals surface area (Å²) in [5.74, 6) is -1.08. The first-order chi connectivity index (χ1) is 8.98. The van der Waals surface area contributed by atoms with Crippen molar-refractivity contribution in [1.82, 2.24) is 15.1 Å². The van der Waals surface area contributed by atoms with Crippen molar-refractivity contribution in [3.63, 3.8) is 0 Å². The highest BCUT2D eigenvalue weighted by molar-refractivity contribution is 5.93. The lowest BCUT2D eigenvalue weighted by molar-refractivity contribution is -0.153. The Kier molecular flexibility index (Phi) is 3.59. The van der Waals surface area contributed by atoms with Crippen LogP contribution in [-0.4, -0.2) is 33.3 Å². The second-order valence-corrected chi connectivity index (χ2v) is 5.12. The maximum absolute atomic E-state index is 12.0. The largest absolute Gasteiger partial charge is 0.481 e. The van der Waals surface area contributed by atoms with E-state index in [1.165, 1.54) is 4.68 Å². The van der Waals surface area contributed by atoms with Crippen LogP contribution in [0.3, 0.4) is 0 Å². The van der Waals surface area contributed by atoms with Crippen LogP contribution >= 0.6 is 0 Å². The maximum Gasteiger partial charge on any atom is 0.311 e. The Balaban J connectivity index is 2.01. The van der Waals surface area contributed by atoms with Gasteiger partial charge in [-0.15, -0.1) is 0 Å². The van der Waals surface area contributed by atoms with Crippen LogP contribution in [-0.2, 0) is 18.3 Å². The van der Waals surface area contributed by atoms with Gasteiger partial charge in [-0.2, -0.15) is 5.10 Å². The van der Waals surface area contributed by atoms with Crippen molar-refractivity contribution in [1.29, 1.82) is 0 Å². The van der Waals surface area contributed by atoms with Crippen molar-refractivity contribution in [3.8, 4) is 0 Å². The second-order valence-electron chi connectivity index (χ2n) is 5.12.